The van der Waals surface area contributed by atoms with Gasteiger partial charge in [-0.3, -0.25) is 0 Å². The Balaban J connectivity index is -0.000000271. The molecule has 0 rings (SSSR count). The topological polar surface area (TPSA) is 20.2 Å². The molecule has 1 N–H and O–H groups in total. The van der Waals surface area contributed by atoms with E-state index in [2.05, 4.69) is 34.9 Å². The fourth-order valence-corrected chi connectivity index (χ4v) is 4.73. The zero-order valence-electron chi connectivity index (χ0n) is 26.1. The average molecular weight is 558 g/mol. The first kappa shape index (κ1) is 43.5. The van der Waals surface area contributed by atoms with Crippen LogP contribution in [0.5, 0.6) is 0 Å². The van der Waals surface area contributed by atoms with E-state index >= 15 is 0 Å². The zero-order chi connectivity index (χ0) is 26.0. The van der Waals surface area contributed by atoms with Gasteiger partial charge in [0.05, 0.1) is 41.3 Å². The van der Waals surface area contributed by atoms with Gasteiger partial charge < -0.3 is 29.3 Å². The van der Waals surface area contributed by atoms with Crippen molar-refractivity contribution in [1.29, 1.82) is 0 Å². The Bertz CT molecular complexity index is 387. The van der Waals surface area contributed by atoms with Gasteiger partial charge in [0.25, 0.3) is 0 Å². The SMILES string of the molecule is CCCCCCCCCCCC[N+](C)(C)CCC.CCCCCCCCCCCC[N+](C)(C)O.[Cl-].[Cl-]. The lowest BCUT2D eigenvalue weighted by Gasteiger charge is -2.29. The molecule has 0 atom stereocenters. The summed E-state index contributed by atoms with van der Waals surface area (Å²) >= 11 is 0. The van der Waals surface area contributed by atoms with Crippen molar-refractivity contribution >= 4 is 0 Å². The normalized spacial score (nSPS) is 11.3. The second-order valence-corrected chi connectivity index (χ2v) is 12.1. The van der Waals surface area contributed by atoms with E-state index in [9.17, 15) is 5.21 Å². The molecule has 5 heteroatoms. The summed E-state index contributed by atoms with van der Waals surface area (Å²) in [5.74, 6) is 0. The third-order valence-corrected chi connectivity index (χ3v) is 7.00. The lowest BCUT2D eigenvalue weighted by molar-refractivity contribution is -1.07. The van der Waals surface area contributed by atoms with Crippen molar-refractivity contribution in [2.24, 2.45) is 0 Å². The van der Waals surface area contributed by atoms with Crippen molar-refractivity contribution in [3.63, 3.8) is 0 Å². The second-order valence-electron chi connectivity index (χ2n) is 12.1. The van der Waals surface area contributed by atoms with E-state index < -0.39 is 0 Å². The van der Waals surface area contributed by atoms with Gasteiger partial charge in [-0.25, -0.2) is 5.21 Å². The standard InChI is InChI=1S/C17H38N.C14H32NO.2ClH/c1-5-7-8-9-10-11-12-13-14-15-17-18(3,4)16-6-2;1-4-5-6-7-8-9-10-11-12-13-14-15(2,3)16;;/h5-17H2,1-4H3;16H,4-14H2,1-3H3;2*1H/q2*+1;;/p-2. The second kappa shape index (κ2) is 31.7. The highest BCUT2D eigenvalue weighted by Crippen LogP contribution is 2.12. The van der Waals surface area contributed by atoms with Crippen LogP contribution in [0.15, 0.2) is 0 Å². The molecule has 0 saturated heterocycles. The Morgan fingerprint density at radius 3 is 0.917 bits per heavy atom. The predicted molar refractivity (Wildman–Crippen MR) is 155 cm³/mol. The summed E-state index contributed by atoms with van der Waals surface area (Å²) in [5, 5.41) is 9.48. The molecule has 0 aromatic heterocycles. The summed E-state index contributed by atoms with van der Waals surface area (Å²) in [5.41, 5.74) is 0. The summed E-state index contributed by atoms with van der Waals surface area (Å²) in [6, 6.07) is 0. The minimum atomic E-state index is 0. The van der Waals surface area contributed by atoms with Gasteiger partial charge in [-0.05, 0) is 32.1 Å². The average Bonchev–Trinajstić information content (AvgIpc) is 2.76. The highest BCUT2D eigenvalue weighted by molar-refractivity contribution is 4.48. The smallest absolute Gasteiger partial charge is 0.108 e. The molecular weight excluding hydrogens is 487 g/mol. The molecule has 0 aliphatic rings. The number of hydrogen-bond acceptors (Lipinski definition) is 1. The van der Waals surface area contributed by atoms with Crippen LogP contribution in [0.2, 0.25) is 0 Å². The molecule has 0 aliphatic carbocycles. The molecule has 0 spiro atoms. The van der Waals surface area contributed by atoms with E-state index in [4.69, 9.17) is 0 Å². The van der Waals surface area contributed by atoms with Gasteiger partial charge in [0, 0.05) is 0 Å². The van der Waals surface area contributed by atoms with E-state index in [1.807, 2.05) is 14.1 Å². The van der Waals surface area contributed by atoms with Gasteiger partial charge in [0.1, 0.15) is 6.54 Å². The van der Waals surface area contributed by atoms with Crippen LogP contribution in [-0.4, -0.2) is 62.2 Å². The van der Waals surface area contributed by atoms with Gasteiger partial charge >= 0.3 is 0 Å². The summed E-state index contributed by atoms with van der Waals surface area (Å²) in [6.07, 6.45) is 29.3. The van der Waals surface area contributed by atoms with Crippen LogP contribution in [0.4, 0.5) is 0 Å². The van der Waals surface area contributed by atoms with E-state index in [1.165, 1.54) is 146 Å². The molecule has 0 unspecified atom stereocenters. The maximum absolute atomic E-state index is 9.48. The molecule has 0 heterocycles. The maximum atomic E-state index is 9.48. The number of halogens is 2. The van der Waals surface area contributed by atoms with E-state index in [0.717, 1.165) is 13.0 Å². The first-order valence-electron chi connectivity index (χ1n) is 15.6. The van der Waals surface area contributed by atoms with E-state index in [0.29, 0.717) is 0 Å². The third-order valence-electron chi connectivity index (χ3n) is 7.00. The van der Waals surface area contributed by atoms with Crippen LogP contribution >= 0.6 is 0 Å². The summed E-state index contributed by atoms with van der Waals surface area (Å²) < 4.78 is 1.34. The van der Waals surface area contributed by atoms with Crippen molar-refractivity contribution in [2.75, 3.05) is 47.8 Å². The minimum Gasteiger partial charge on any atom is -1.00 e. The zero-order valence-corrected chi connectivity index (χ0v) is 27.6. The van der Waals surface area contributed by atoms with Crippen molar-refractivity contribution in [2.45, 2.75) is 156 Å². The molecule has 3 nitrogen and oxygen atoms in total. The van der Waals surface area contributed by atoms with Gasteiger partial charge in [-0.1, -0.05) is 124 Å². The van der Waals surface area contributed by atoms with Gasteiger partial charge in [0.15, 0.2) is 0 Å². The third kappa shape index (κ3) is 41.6. The Labute approximate surface area is 242 Å². The largest absolute Gasteiger partial charge is 1.00 e. The lowest BCUT2D eigenvalue weighted by Crippen LogP contribution is -3.00. The van der Waals surface area contributed by atoms with Gasteiger partial charge in [-0.15, -0.1) is 0 Å². The van der Waals surface area contributed by atoms with E-state index in [-0.39, 0.29) is 29.5 Å². The van der Waals surface area contributed by atoms with Crippen LogP contribution in [0.25, 0.3) is 0 Å². The first-order chi connectivity index (χ1) is 16.2. The van der Waals surface area contributed by atoms with Crippen LogP contribution in [0.1, 0.15) is 156 Å². The van der Waals surface area contributed by atoms with Crippen molar-refractivity contribution in [1.82, 2.24) is 0 Å². The Hall–Kier alpha value is 0.460. The molecule has 0 radical (unpaired) electrons. The quantitative estimate of drug-likeness (QED) is 0.109. The number of nitrogens with zero attached hydrogens (tertiary/aromatic N) is 2. The predicted octanol–water partition coefficient (Wildman–Crippen LogP) is 3.77. The molecule has 0 amide bonds. The van der Waals surface area contributed by atoms with Crippen molar-refractivity contribution in [3.05, 3.63) is 0 Å². The Kier molecular flexibility index (Phi) is 38.3. The first-order valence-corrected chi connectivity index (χ1v) is 15.6. The van der Waals surface area contributed by atoms with Crippen LogP contribution in [-0.2, 0) is 0 Å². The van der Waals surface area contributed by atoms with Crippen molar-refractivity contribution < 1.29 is 39.2 Å². The molecule has 0 fully saturated rings. The van der Waals surface area contributed by atoms with Gasteiger partial charge in [0.2, 0.25) is 0 Å². The molecule has 0 aromatic rings. The molecule has 0 saturated carbocycles. The number of rotatable bonds is 24. The Morgan fingerprint density at radius 1 is 0.361 bits per heavy atom. The van der Waals surface area contributed by atoms with Crippen LogP contribution < -0.4 is 24.8 Å². The van der Waals surface area contributed by atoms with Crippen LogP contribution in [0.3, 0.4) is 0 Å². The number of hydroxylamine groups is 3. The highest BCUT2D eigenvalue weighted by atomic mass is 35.5. The monoisotopic (exact) mass is 556 g/mol. The number of unbranched alkanes of at least 4 members (excludes halogenated alkanes) is 18. The minimum absolute atomic E-state index is 0. The molecule has 224 valence electrons. The molecular formula is C31H70Cl2N2O. The summed E-state index contributed by atoms with van der Waals surface area (Å²) in [6.45, 7) is 10.4. The number of hydrogen-bond donors (Lipinski definition) is 1. The van der Waals surface area contributed by atoms with Gasteiger partial charge in [-0.2, -0.15) is 4.65 Å². The highest BCUT2D eigenvalue weighted by Gasteiger charge is 2.12. The Morgan fingerprint density at radius 2 is 0.639 bits per heavy atom. The van der Waals surface area contributed by atoms with Crippen LogP contribution in [0, 0.1) is 0 Å². The molecule has 36 heavy (non-hydrogen) atoms. The number of quaternary nitrogens is 2. The summed E-state index contributed by atoms with van der Waals surface area (Å²) in [7, 11) is 8.43. The maximum Gasteiger partial charge on any atom is 0.108 e. The molecule has 0 bridgehead atoms. The van der Waals surface area contributed by atoms with E-state index in [1.54, 1.807) is 0 Å². The molecule has 0 aliphatic heterocycles. The lowest BCUT2D eigenvalue weighted by atomic mass is 10.1. The molecule has 0 aromatic carbocycles. The fourth-order valence-electron chi connectivity index (χ4n) is 4.73. The summed E-state index contributed by atoms with van der Waals surface area (Å²) in [4.78, 5) is 0. The van der Waals surface area contributed by atoms with Crippen molar-refractivity contribution in [3.8, 4) is 0 Å². The fraction of sp³-hybridized carbons (Fsp3) is 1.00.